The molecule has 0 atom stereocenters. The summed E-state index contributed by atoms with van der Waals surface area (Å²) in [5.74, 6) is -0.701. The van der Waals surface area contributed by atoms with E-state index in [9.17, 15) is 9.18 Å². The lowest BCUT2D eigenvalue weighted by molar-refractivity contribution is 0.104. The summed E-state index contributed by atoms with van der Waals surface area (Å²) in [5, 5.41) is 0.123. The molecule has 0 aromatic heterocycles. The lowest BCUT2D eigenvalue weighted by atomic mass is 10.1. The van der Waals surface area contributed by atoms with Crippen LogP contribution >= 0.6 is 11.6 Å². The number of hydrogen-bond donors (Lipinski definition) is 0. The van der Waals surface area contributed by atoms with E-state index in [1.165, 1.54) is 18.2 Å². The fourth-order valence-electron chi connectivity index (χ4n) is 1.52. The molecule has 0 bridgehead atoms. The van der Waals surface area contributed by atoms with Gasteiger partial charge >= 0.3 is 0 Å². The second-order valence-corrected chi connectivity index (χ2v) is 4.14. The highest BCUT2D eigenvalue weighted by Gasteiger charge is 2.07. The van der Waals surface area contributed by atoms with E-state index in [1.807, 2.05) is 30.3 Å². The summed E-state index contributed by atoms with van der Waals surface area (Å²) < 4.78 is 12.8. The third-order valence-corrected chi connectivity index (χ3v) is 2.74. The van der Waals surface area contributed by atoms with E-state index >= 15 is 0 Å². The largest absolute Gasteiger partial charge is 0.289 e. The number of allylic oxidation sites excluding steroid dienone is 1. The Hall–Kier alpha value is -1.93. The maximum atomic E-state index is 12.8. The van der Waals surface area contributed by atoms with Crippen LogP contribution in [0.3, 0.4) is 0 Å². The van der Waals surface area contributed by atoms with Gasteiger partial charge < -0.3 is 0 Å². The topological polar surface area (TPSA) is 17.1 Å². The smallest absolute Gasteiger partial charge is 0.187 e. The van der Waals surface area contributed by atoms with Gasteiger partial charge in [-0.15, -0.1) is 0 Å². The van der Waals surface area contributed by atoms with Crippen LogP contribution in [0.4, 0.5) is 4.39 Å². The summed E-state index contributed by atoms with van der Waals surface area (Å²) in [6.45, 7) is 0. The third-order valence-electron chi connectivity index (χ3n) is 2.42. The van der Waals surface area contributed by atoms with Crippen molar-refractivity contribution in [1.29, 1.82) is 0 Å². The predicted molar refractivity (Wildman–Crippen MR) is 71.2 cm³/mol. The van der Waals surface area contributed by atoms with Gasteiger partial charge in [0, 0.05) is 5.56 Å². The summed E-state index contributed by atoms with van der Waals surface area (Å²) in [5.41, 5.74) is 1.22. The molecule has 18 heavy (non-hydrogen) atoms. The minimum absolute atomic E-state index is 0.123. The SMILES string of the molecule is O=C(/C=C/c1ccccc1)c1ccc(F)cc1Cl. The molecule has 0 amide bonds. The van der Waals surface area contributed by atoms with Crippen molar-refractivity contribution in [2.24, 2.45) is 0 Å². The van der Waals surface area contributed by atoms with Crippen LogP contribution in [0.5, 0.6) is 0 Å². The minimum Gasteiger partial charge on any atom is -0.289 e. The van der Waals surface area contributed by atoms with Gasteiger partial charge in [0.05, 0.1) is 5.02 Å². The zero-order valence-corrected chi connectivity index (χ0v) is 10.2. The highest BCUT2D eigenvalue weighted by atomic mass is 35.5. The molecule has 0 spiro atoms. The number of rotatable bonds is 3. The van der Waals surface area contributed by atoms with Crippen LogP contribution in [0.1, 0.15) is 15.9 Å². The molecule has 0 N–H and O–H groups in total. The van der Waals surface area contributed by atoms with Crippen molar-refractivity contribution < 1.29 is 9.18 Å². The lowest BCUT2D eigenvalue weighted by Crippen LogP contribution is -1.95. The predicted octanol–water partition coefficient (Wildman–Crippen LogP) is 4.38. The van der Waals surface area contributed by atoms with Crippen LogP contribution in [0.15, 0.2) is 54.6 Å². The second kappa shape index (κ2) is 5.61. The molecule has 1 nitrogen and oxygen atoms in total. The number of carbonyl (C=O) groups excluding carboxylic acids is 1. The van der Waals surface area contributed by atoms with Gasteiger partial charge in [0.15, 0.2) is 5.78 Å². The number of hydrogen-bond acceptors (Lipinski definition) is 1. The van der Waals surface area contributed by atoms with Gasteiger partial charge in [-0.1, -0.05) is 48.0 Å². The first-order valence-corrected chi connectivity index (χ1v) is 5.77. The van der Waals surface area contributed by atoms with E-state index in [4.69, 9.17) is 11.6 Å². The molecule has 0 saturated carbocycles. The van der Waals surface area contributed by atoms with E-state index < -0.39 is 5.82 Å². The molecule has 0 aliphatic heterocycles. The van der Waals surface area contributed by atoms with Crippen LogP contribution < -0.4 is 0 Å². The van der Waals surface area contributed by atoms with Gasteiger partial charge in [0.25, 0.3) is 0 Å². The van der Waals surface area contributed by atoms with Crippen molar-refractivity contribution in [3.63, 3.8) is 0 Å². The molecule has 0 fully saturated rings. The van der Waals surface area contributed by atoms with E-state index in [0.29, 0.717) is 5.56 Å². The van der Waals surface area contributed by atoms with Crippen molar-refractivity contribution in [3.8, 4) is 0 Å². The zero-order valence-electron chi connectivity index (χ0n) is 9.44. The standard InChI is InChI=1S/C15H10ClFO/c16-14-10-12(17)7-8-13(14)15(18)9-6-11-4-2-1-3-5-11/h1-10H/b9-6+. The molecule has 2 rings (SSSR count). The summed E-state index contributed by atoms with van der Waals surface area (Å²) in [6.07, 6.45) is 3.12. The summed E-state index contributed by atoms with van der Waals surface area (Å²) >= 11 is 5.81. The van der Waals surface area contributed by atoms with Crippen LogP contribution in [-0.4, -0.2) is 5.78 Å². The van der Waals surface area contributed by atoms with E-state index in [0.717, 1.165) is 11.6 Å². The van der Waals surface area contributed by atoms with Crippen LogP contribution in [0, 0.1) is 5.82 Å². The second-order valence-electron chi connectivity index (χ2n) is 3.73. The average Bonchev–Trinajstić information content (AvgIpc) is 2.37. The van der Waals surface area contributed by atoms with Crippen molar-refractivity contribution >= 4 is 23.5 Å². The Labute approximate surface area is 110 Å². The van der Waals surface area contributed by atoms with E-state index in [-0.39, 0.29) is 10.8 Å². The Morgan fingerprint density at radius 3 is 2.50 bits per heavy atom. The molecule has 0 radical (unpaired) electrons. The molecule has 0 aliphatic carbocycles. The number of ketones is 1. The third kappa shape index (κ3) is 3.05. The molecular formula is C15H10ClFO. The van der Waals surface area contributed by atoms with Gasteiger partial charge in [0.2, 0.25) is 0 Å². The van der Waals surface area contributed by atoms with Crippen molar-refractivity contribution in [1.82, 2.24) is 0 Å². The zero-order chi connectivity index (χ0) is 13.0. The number of halogens is 2. The Bertz CT molecular complexity index is 591. The Kier molecular flexibility index (Phi) is 3.90. The normalized spacial score (nSPS) is 10.8. The minimum atomic E-state index is -0.455. The summed E-state index contributed by atoms with van der Waals surface area (Å²) in [6, 6.07) is 13.2. The van der Waals surface area contributed by atoms with Gasteiger partial charge in [0.1, 0.15) is 5.82 Å². The van der Waals surface area contributed by atoms with E-state index in [2.05, 4.69) is 0 Å². The molecule has 0 heterocycles. The van der Waals surface area contributed by atoms with Crippen molar-refractivity contribution in [3.05, 3.63) is 76.6 Å². The van der Waals surface area contributed by atoms with Gasteiger partial charge in [-0.2, -0.15) is 0 Å². The quantitative estimate of drug-likeness (QED) is 0.591. The molecule has 0 unspecified atom stereocenters. The first kappa shape index (κ1) is 12.5. The highest BCUT2D eigenvalue weighted by molar-refractivity contribution is 6.34. The van der Waals surface area contributed by atoms with E-state index in [1.54, 1.807) is 6.08 Å². The van der Waals surface area contributed by atoms with Crippen LogP contribution in [-0.2, 0) is 0 Å². The Morgan fingerprint density at radius 1 is 1.11 bits per heavy atom. The highest BCUT2D eigenvalue weighted by Crippen LogP contribution is 2.18. The molecule has 3 heteroatoms. The van der Waals surface area contributed by atoms with Gasteiger partial charge in [-0.05, 0) is 29.8 Å². The number of benzene rings is 2. The first-order valence-electron chi connectivity index (χ1n) is 5.39. The molecule has 2 aromatic carbocycles. The van der Waals surface area contributed by atoms with Crippen molar-refractivity contribution in [2.75, 3.05) is 0 Å². The first-order chi connectivity index (χ1) is 8.66. The molecule has 0 aliphatic rings. The van der Waals surface area contributed by atoms with Gasteiger partial charge in [-0.3, -0.25) is 4.79 Å². The fraction of sp³-hybridized carbons (Fsp3) is 0. The molecule has 0 saturated heterocycles. The van der Waals surface area contributed by atoms with Gasteiger partial charge in [-0.25, -0.2) is 4.39 Å². The average molecular weight is 261 g/mol. The Morgan fingerprint density at radius 2 is 1.83 bits per heavy atom. The Balaban J connectivity index is 2.20. The van der Waals surface area contributed by atoms with Crippen LogP contribution in [0.25, 0.3) is 6.08 Å². The summed E-state index contributed by atoms with van der Waals surface area (Å²) in [4.78, 5) is 11.9. The molecule has 2 aromatic rings. The molecular weight excluding hydrogens is 251 g/mol. The summed E-state index contributed by atoms with van der Waals surface area (Å²) in [7, 11) is 0. The lowest BCUT2D eigenvalue weighted by Gasteiger charge is -1.99. The van der Waals surface area contributed by atoms with Crippen molar-refractivity contribution in [2.45, 2.75) is 0 Å². The van der Waals surface area contributed by atoms with Crippen LogP contribution in [0.2, 0.25) is 5.02 Å². The maximum absolute atomic E-state index is 12.8. The molecule has 90 valence electrons. The fourth-order valence-corrected chi connectivity index (χ4v) is 1.78. The monoisotopic (exact) mass is 260 g/mol. The number of carbonyl (C=O) groups is 1. The maximum Gasteiger partial charge on any atom is 0.187 e.